The molecule has 0 saturated carbocycles. The van der Waals surface area contributed by atoms with Gasteiger partial charge in [-0.15, -0.1) is 0 Å². The predicted octanol–water partition coefficient (Wildman–Crippen LogP) is 2.74. The predicted molar refractivity (Wildman–Crippen MR) is 104 cm³/mol. The zero-order valence-electron chi connectivity index (χ0n) is 16.0. The lowest BCUT2D eigenvalue weighted by Crippen LogP contribution is -2.38. The van der Waals surface area contributed by atoms with Crippen LogP contribution in [-0.4, -0.2) is 49.6 Å². The monoisotopic (exact) mass is 369 g/mol. The first-order valence-corrected chi connectivity index (χ1v) is 9.31. The second-order valence-corrected chi connectivity index (χ2v) is 6.85. The first-order valence-electron chi connectivity index (χ1n) is 9.31. The SMILES string of the molecule is COc1ccc(C(=O)NCC2CCN(Cc3ccncc3)CC2)cc1OC. The second kappa shape index (κ2) is 9.37. The molecule has 27 heavy (non-hydrogen) atoms. The number of ether oxygens (including phenoxy) is 2. The lowest BCUT2D eigenvalue weighted by molar-refractivity contribution is 0.0935. The highest BCUT2D eigenvalue weighted by Crippen LogP contribution is 2.27. The Balaban J connectivity index is 1.45. The van der Waals surface area contributed by atoms with Crippen molar-refractivity contribution in [2.24, 2.45) is 5.92 Å². The largest absolute Gasteiger partial charge is 0.493 e. The van der Waals surface area contributed by atoms with E-state index >= 15 is 0 Å². The maximum absolute atomic E-state index is 12.4. The van der Waals surface area contributed by atoms with Crippen molar-refractivity contribution in [1.29, 1.82) is 0 Å². The van der Waals surface area contributed by atoms with Gasteiger partial charge in [-0.2, -0.15) is 0 Å². The first-order chi connectivity index (χ1) is 13.2. The van der Waals surface area contributed by atoms with Crippen molar-refractivity contribution >= 4 is 5.91 Å². The van der Waals surface area contributed by atoms with E-state index in [1.807, 2.05) is 12.4 Å². The van der Waals surface area contributed by atoms with Crippen LogP contribution < -0.4 is 14.8 Å². The van der Waals surface area contributed by atoms with Crippen molar-refractivity contribution in [3.8, 4) is 11.5 Å². The number of likely N-dealkylation sites (tertiary alicyclic amines) is 1. The molecule has 0 unspecified atom stereocenters. The summed E-state index contributed by atoms with van der Waals surface area (Å²) in [6, 6.07) is 9.36. The number of carbonyl (C=O) groups excluding carboxylic acids is 1. The van der Waals surface area contributed by atoms with Gasteiger partial charge >= 0.3 is 0 Å². The van der Waals surface area contributed by atoms with Crippen LogP contribution >= 0.6 is 0 Å². The quantitative estimate of drug-likeness (QED) is 0.813. The summed E-state index contributed by atoms with van der Waals surface area (Å²) in [7, 11) is 3.15. The van der Waals surface area contributed by atoms with E-state index in [2.05, 4.69) is 27.3 Å². The number of hydrogen-bond donors (Lipinski definition) is 1. The summed E-state index contributed by atoms with van der Waals surface area (Å²) < 4.78 is 10.5. The van der Waals surface area contributed by atoms with Gasteiger partial charge in [0.05, 0.1) is 14.2 Å². The molecule has 6 heteroatoms. The zero-order chi connectivity index (χ0) is 19.1. The third kappa shape index (κ3) is 5.20. The molecule has 0 bridgehead atoms. The molecule has 0 spiro atoms. The fourth-order valence-electron chi connectivity index (χ4n) is 3.41. The van der Waals surface area contributed by atoms with Gasteiger partial charge in [0, 0.05) is 31.0 Å². The van der Waals surface area contributed by atoms with Crippen LogP contribution in [0.5, 0.6) is 11.5 Å². The maximum atomic E-state index is 12.4. The summed E-state index contributed by atoms with van der Waals surface area (Å²) in [5.41, 5.74) is 1.88. The molecule has 1 aliphatic rings. The van der Waals surface area contributed by atoms with Crippen LogP contribution in [0.3, 0.4) is 0 Å². The molecule has 2 heterocycles. The summed E-state index contributed by atoms with van der Waals surface area (Å²) >= 11 is 0. The van der Waals surface area contributed by atoms with Crippen LogP contribution in [0.4, 0.5) is 0 Å². The Morgan fingerprint density at radius 3 is 2.48 bits per heavy atom. The molecule has 1 fully saturated rings. The zero-order valence-corrected chi connectivity index (χ0v) is 16.0. The van der Waals surface area contributed by atoms with Gasteiger partial charge in [0.15, 0.2) is 11.5 Å². The molecular weight excluding hydrogens is 342 g/mol. The highest BCUT2D eigenvalue weighted by molar-refractivity contribution is 5.94. The van der Waals surface area contributed by atoms with Crippen LogP contribution in [0.2, 0.25) is 0 Å². The summed E-state index contributed by atoms with van der Waals surface area (Å²) in [6.45, 7) is 3.78. The molecular formula is C21H27N3O3. The minimum atomic E-state index is -0.0739. The van der Waals surface area contributed by atoms with Crippen molar-refractivity contribution in [3.63, 3.8) is 0 Å². The molecule has 1 N–H and O–H groups in total. The van der Waals surface area contributed by atoms with E-state index in [1.54, 1.807) is 32.4 Å². The fourth-order valence-corrected chi connectivity index (χ4v) is 3.41. The number of carbonyl (C=O) groups is 1. The Kier molecular flexibility index (Phi) is 6.65. The van der Waals surface area contributed by atoms with Gasteiger partial charge in [-0.25, -0.2) is 0 Å². The van der Waals surface area contributed by atoms with E-state index in [9.17, 15) is 4.79 Å². The van der Waals surface area contributed by atoms with Crippen LogP contribution in [0.25, 0.3) is 0 Å². The van der Waals surface area contributed by atoms with Gasteiger partial charge in [0.25, 0.3) is 5.91 Å². The molecule has 0 aliphatic carbocycles. The van der Waals surface area contributed by atoms with Crippen molar-refractivity contribution in [2.75, 3.05) is 33.9 Å². The summed E-state index contributed by atoms with van der Waals surface area (Å²) in [4.78, 5) is 19.0. The lowest BCUT2D eigenvalue weighted by atomic mass is 9.96. The number of pyridine rings is 1. The number of nitrogens with one attached hydrogen (secondary N) is 1. The average Bonchev–Trinajstić information content (AvgIpc) is 2.73. The molecule has 1 amide bonds. The Morgan fingerprint density at radius 2 is 1.81 bits per heavy atom. The summed E-state index contributed by atoms with van der Waals surface area (Å²) in [5, 5.41) is 3.06. The number of aromatic nitrogens is 1. The van der Waals surface area contributed by atoms with Gasteiger partial charge in [-0.05, 0) is 67.7 Å². The number of nitrogens with zero attached hydrogens (tertiary/aromatic N) is 2. The number of methoxy groups -OCH3 is 2. The smallest absolute Gasteiger partial charge is 0.251 e. The average molecular weight is 369 g/mol. The van der Waals surface area contributed by atoms with Gasteiger partial charge in [-0.3, -0.25) is 14.7 Å². The molecule has 144 valence electrons. The normalized spacial score (nSPS) is 15.3. The van der Waals surface area contributed by atoms with Crippen molar-refractivity contribution in [1.82, 2.24) is 15.2 Å². The van der Waals surface area contributed by atoms with Gasteiger partial charge < -0.3 is 14.8 Å². The molecule has 1 aromatic heterocycles. The van der Waals surface area contributed by atoms with E-state index in [4.69, 9.17) is 9.47 Å². The molecule has 1 saturated heterocycles. The Morgan fingerprint density at radius 1 is 1.11 bits per heavy atom. The number of benzene rings is 1. The standard InChI is InChI=1S/C21H27N3O3/c1-26-19-4-3-18(13-20(19)27-2)21(25)23-14-16-7-11-24(12-8-16)15-17-5-9-22-10-6-17/h3-6,9-10,13,16H,7-8,11-12,14-15H2,1-2H3,(H,23,25). The lowest BCUT2D eigenvalue weighted by Gasteiger charge is -2.32. The number of hydrogen-bond acceptors (Lipinski definition) is 5. The fraction of sp³-hybridized carbons (Fsp3) is 0.429. The van der Waals surface area contributed by atoms with E-state index in [-0.39, 0.29) is 5.91 Å². The molecule has 0 atom stereocenters. The minimum absolute atomic E-state index is 0.0739. The Bertz CT molecular complexity index is 744. The van der Waals surface area contributed by atoms with Crippen molar-refractivity contribution in [2.45, 2.75) is 19.4 Å². The van der Waals surface area contributed by atoms with Crippen LogP contribution in [0.15, 0.2) is 42.7 Å². The molecule has 1 aliphatic heterocycles. The Hall–Kier alpha value is -2.60. The number of amides is 1. The second-order valence-electron chi connectivity index (χ2n) is 6.85. The maximum Gasteiger partial charge on any atom is 0.251 e. The van der Waals surface area contributed by atoms with E-state index < -0.39 is 0 Å². The number of rotatable bonds is 7. The highest BCUT2D eigenvalue weighted by atomic mass is 16.5. The molecule has 1 aromatic carbocycles. The third-order valence-electron chi connectivity index (χ3n) is 5.06. The highest BCUT2D eigenvalue weighted by Gasteiger charge is 2.20. The summed E-state index contributed by atoms with van der Waals surface area (Å²) in [5.74, 6) is 1.63. The van der Waals surface area contributed by atoms with Crippen LogP contribution in [-0.2, 0) is 6.54 Å². The van der Waals surface area contributed by atoms with E-state index in [0.29, 0.717) is 29.5 Å². The van der Waals surface area contributed by atoms with Crippen LogP contribution in [0.1, 0.15) is 28.8 Å². The van der Waals surface area contributed by atoms with Gasteiger partial charge in [0.2, 0.25) is 0 Å². The molecule has 6 nitrogen and oxygen atoms in total. The van der Waals surface area contributed by atoms with E-state index in [0.717, 1.165) is 32.5 Å². The molecule has 0 radical (unpaired) electrons. The topological polar surface area (TPSA) is 63.7 Å². The van der Waals surface area contributed by atoms with E-state index in [1.165, 1.54) is 5.56 Å². The van der Waals surface area contributed by atoms with Gasteiger partial charge in [0.1, 0.15) is 0 Å². The number of piperidine rings is 1. The van der Waals surface area contributed by atoms with Crippen molar-refractivity contribution in [3.05, 3.63) is 53.9 Å². The van der Waals surface area contributed by atoms with Crippen LogP contribution in [0, 0.1) is 5.92 Å². The Labute approximate surface area is 160 Å². The van der Waals surface area contributed by atoms with Gasteiger partial charge in [-0.1, -0.05) is 0 Å². The first kappa shape index (κ1) is 19.2. The summed E-state index contributed by atoms with van der Waals surface area (Å²) in [6.07, 6.45) is 5.87. The van der Waals surface area contributed by atoms with Crippen molar-refractivity contribution < 1.29 is 14.3 Å². The minimum Gasteiger partial charge on any atom is -0.493 e. The molecule has 3 rings (SSSR count). The molecule has 2 aromatic rings. The third-order valence-corrected chi connectivity index (χ3v) is 5.06.